The van der Waals surface area contributed by atoms with Crippen molar-refractivity contribution in [3.8, 4) is 0 Å². The number of rotatable bonds is 4. The van der Waals surface area contributed by atoms with Gasteiger partial charge in [0.15, 0.2) is 0 Å². The fourth-order valence-electron chi connectivity index (χ4n) is 4.73. The van der Waals surface area contributed by atoms with Crippen LogP contribution in [0.3, 0.4) is 0 Å². The molecule has 1 heterocycles. The molecule has 126 valence electrons. The highest BCUT2D eigenvalue weighted by molar-refractivity contribution is 5.80. The van der Waals surface area contributed by atoms with E-state index < -0.39 is 0 Å². The first-order valence-corrected chi connectivity index (χ1v) is 8.86. The van der Waals surface area contributed by atoms with Crippen LogP contribution in [0.25, 0.3) is 11.0 Å². The molecule has 5 heteroatoms. The number of para-hydroxylation sites is 2. The molecule has 2 bridgehead atoms. The van der Waals surface area contributed by atoms with Gasteiger partial charge in [-0.25, -0.2) is 4.98 Å². The Labute approximate surface area is 141 Å². The topological polar surface area (TPSA) is 64.0 Å². The van der Waals surface area contributed by atoms with E-state index in [1.807, 2.05) is 24.3 Å². The van der Waals surface area contributed by atoms with Gasteiger partial charge in [-0.2, -0.15) is 0 Å². The van der Waals surface area contributed by atoms with Crippen molar-refractivity contribution in [3.63, 3.8) is 0 Å². The molecule has 0 spiro atoms. The van der Waals surface area contributed by atoms with Crippen LogP contribution in [0.1, 0.15) is 32.6 Å². The number of amides is 1. The Morgan fingerprint density at radius 1 is 1.33 bits per heavy atom. The highest BCUT2D eigenvalue weighted by atomic mass is 16.2. The molecule has 1 aromatic carbocycles. The Balaban J connectivity index is 1.48. The number of carbonyl (C=O) groups excluding carboxylic acids is 1. The normalized spacial score (nSPS) is 26.6. The number of aromatic nitrogens is 2. The Hall–Kier alpha value is -2.17. The van der Waals surface area contributed by atoms with Crippen molar-refractivity contribution in [2.75, 3.05) is 0 Å². The molecule has 0 radical (unpaired) electrons. The maximum absolute atomic E-state index is 12.5. The second kappa shape index (κ2) is 6.04. The molecule has 2 aliphatic rings. The Morgan fingerprint density at radius 2 is 2.17 bits per heavy atom. The summed E-state index contributed by atoms with van der Waals surface area (Å²) in [6.45, 7) is 2.16. The Bertz CT molecular complexity index is 829. The lowest BCUT2D eigenvalue weighted by molar-refractivity contribution is -0.122. The van der Waals surface area contributed by atoms with E-state index >= 15 is 0 Å². The second-order valence-electron chi connectivity index (χ2n) is 7.37. The van der Waals surface area contributed by atoms with Crippen LogP contribution in [0.2, 0.25) is 0 Å². The lowest BCUT2D eigenvalue weighted by Crippen LogP contribution is -2.42. The van der Waals surface area contributed by atoms with Crippen molar-refractivity contribution in [1.82, 2.24) is 14.9 Å². The summed E-state index contributed by atoms with van der Waals surface area (Å²) in [5, 5.41) is 3.13. The highest BCUT2D eigenvalue weighted by Crippen LogP contribution is 2.49. The third kappa shape index (κ3) is 2.72. The predicted molar refractivity (Wildman–Crippen MR) is 92.5 cm³/mol. The molecular weight excluding hydrogens is 302 g/mol. The van der Waals surface area contributed by atoms with Crippen molar-refractivity contribution >= 4 is 16.9 Å². The van der Waals surface area contributed by atoms with Gasteiger partial charge in [0.05, 0.1) is 17.2 Å². The van der Waals surface area contributed by atoms with E-state index in [1.54, 1.807) is 0 Å². The van der Waals surface area contributed by atoms with Gasteiger partial charge in [-0.15, -0.1) is 0 Å². The molecule has 2 fully saturated rings. The number of fused-ring (bicyclic) bond motifs is 3. The number of nitrogens with zero attached hydrogens (tertiary/aromatic N) is 2. The summed E-state index contributed by atoms with van der Waals surface area (Å²) in [7, 11) is 0. The summed E-state index contributed by atoms with van der Waals surface area (Å²) in [6.07, 6.45) is 6.53. The first-order valence-electron chi connectivity index (χ1n) is 8.86. The number of hydrogen-bond acceptors (Lipinski definition) is 3. The van der Waals surface area contributed by atoms with E-state index in [1.165, 1.54) is 36.4 Å². The molecule has 5 nitrogen and oxygen atoms in total. The summed E-state index contributed by atoms with van der Waals surface area (Å²) >= 11 is 0. The largest absolute Gasteiger partial charge is 0.352 e. The van der Waals surface area contributed by atoms with Crippen LogP contribution in [0.5, 0.6) is 0 Å². The molecule has 4 atom stereocenters. The van der Waals surface area contributed by atoms with Gasteiger partial charge in [-0.3, -0.25) is 14.2 Å². The summed E-state index contributed by atoms with van der Waals surface area (Å²) < 4.78 is 1.51. The van der Waals surface area contributed by atoms with Crippen molar-refractivity contribution in [2.24, 2.45) is 17.8 Å². The molecule has 2 saturated carbocycles. The maximum atomic E-state index is 12.5. The first-order chi connectivity index (χ1) is 11.6. The van der Waals surface area contributed by atoms with Gasteiger partial charge < -0.3 is 5.32 Å². The molecule has 4 rings (SSSR count). The SMILES string of the molecule is C[C@H](NC(=O)Cn1c(=O)cnc2ccccc21)[C@@H]1C[C@H]2CC[C@H]1C2. The van der Waals surface area contributed by atoms with Gasteiger partial charge >= 0.3 is 0 Å². The van der Waals surface area contributed by atoms with Crippen molar-refractivity contribution < 1.29 is 4.79 Å². The lowest BCUT2D eigenvalue weighted by atomic mass is 9.84. The van der Waals surface area contributed by atoms with Gasteiger partial charge in [-0.1, -0.05) is 18.6 Å². The minimum absolute atomic E-state index is 0.0486. The standard InChI is InChI=1S/C19H23N3O2/c1-12(15-9-13-6-7-14(15)8-13)21-18(23)11-22-17-5-3-2-4-16(17)20-10-19(22)24/h2-5,10,12-15H,6-9,11H2,1H3,(H,21,23)/t12-,13-,14-,15-/m0/s1. The minimum atomic E-state index is -0.239. The maximum Gasteiger partial charge on any atom is 0.269 e. The van der Waals surface area contributed by atoms with Crippen LogP contribution in [-0.4, -0.2) is 21.5 Å². The minimum Gasteiger partial charge on any atom is -0.352 e. The molecule has 0 aliphatic heterocycles. The van der Waals surface area contributed by atoms with Gasteiger partial charge in [0, 0.05) is 6.04 Å². The van der Waals surface area contributed by atoms with Gasteiger partial charge in [0.25, 0.3) is 5.56 Å². The fourth-order valence-corrected chi connectivity index (χ4v) is 4.73. The monoisotopic (exact) mass is 325 g/mol. The molecule has 2 aliphatic carbocycles. The lowest BCUT2D eigenvalue weighted by Gasteiger charge is -2.28. The van der Waals surface area contributed by atoms with Crippen LogP contribution in [0.15, 0.2) is 35.3 Å². The van der Waals surface area contributed by atoms with Gasteiger partial charge in [-0.05, 0) is 56.1 Å². The molecule has 24 heavy (non-hydrogen) atoms. The molecule has 1 amide bonds. The van der Waals surface area contributed by atoms with Gasteiger partial charge in [0.1, 0.15) is 6.54 Å². The molecule has 2 aromatic rings. The van der Waals surface area contributed by atoms with Crippen molar-refractivity contribution in [2.45, 2.75) is 45.2 Å². The third-order valence-electron chi connectivity index (χ3n) is 5.88. The van der Waals surface area contributed by atoms with Crippen LogP contribution in [0.4, 0.5) is 0 Å². The first kappa shape index (κ1) is 15.4. The summed E-state index contributed by atoms with van der Waals surface area (Å²) in [5.74, 6) is 2.14. The Kier molecular flexibility index (Phi) is 3.87. The van der Waals surface area contributed by atoms with Crippen molar-refractivity contribution in [1.29, 1.82) is 0 Å². The van der Waals surface area contributed by atoms with E-state index in [4.69, 9.17) is 0 Å². The van der Waals surface area contributed by atoms with Crippen LogP contribution in [0, 0.1) is 17.8 Å². The van der Waals surface area contributed by atoms with Crippen LogP contribution >= 0.6 is 0 Å². The molecular formula is C19H23N3O2. The second-order valence-corrected chi connectivity index (χ2v) is 7.37. The molecule has 0 unspecified atom stereocenters. The molecule has 1 N–H and O–H groups in total. The van der Waals surface area contributed by atoms with E-state index in [0.29, 0.717) is 11.4 Å². The number of nitrogens with one attached hydrogen (secondary N) is 1. The van der Waals surface area contributed by atoms with Crippen molar-refractivity contribution in [3.05, 3.63) is 40.8 Å². The van der Waals surface area contributed by atoms with Crippen LogP contribution in [-0.2, 0) is 11.3 Å². The zero-order valence-electron chi connectivity index (χ0n) is 13.9. The third-order valence-corrected chi connectivity index (χ3v) is 5.88. The number of benzene rings is 1. The van der Waals surface area contributed by atoms with Crippen LogP contribution < -0.4 is 10.9 Å². The van der Waals surface area contributed by atoms with E-state index in [-0.39, 0.29) is 24.1 Å². The number of hydrogen-bond donors (Lipinski definition) is 1. The highest BCUT2D eigenvalue weighted by Gasteiger charge is 2.42. The van der Waals surface area contributed by atoms with E-state index in [9.17, 15) is 9.59 Å². The Morgan fingerprint density at radius 3 is 2.92 bits per heavy atom. The summed E-state index contributed by atoms with van der Waals surface area (Å²) in [6, 6.07) is 7.59. The quantitative estimate of drug-likeness (QED) is 0.938. The fraction of sp³-hybridized carbons (Fsp3) is 0.526. The number of carbonyl (C=O) groups is 1. The van der Waals surface area contributed by atoms with E-state index in [0.717, 1.165) is 17.4 Å². The molecule has 0 saturated heterocycles. The summed E-state index contributed by atoms with van der Waals surface area (Å²) in [4.78, 5) is 28.8. The molecule has 1 aromatic heterocycles. The average Bonchev–Trinajstić information content (AvgIpc) is 3.20. The average molecular weight is 325 g/mol. The van der Waals surface area contributed by atoms with E-state index in [2.05, 4.69) is 17.2 Å². The smallest absolute Gasteiger partial charge is 0.269 e. The zero-order chi connectivity index (χ0) is 16.7. The summed E-state index contributed by atoms with van der Waals surface area (Å²) in [5.41, 5.74) is 1.19. The zero-order valence-corrected chi connectivity index (χ0v) is 13.9. The van der Waals surface area contributed by atoms with Gasteiger partial charge in [0.2, 0.25) is 5.91 Å². The predicted octanol–water partition coefficient (Wildman–Crippen LogP) is 2.34.